The lowest BCUT2D eigenvalue weighted by atomic mass is 9.88. The predicted molar refractivity (Wildman–Crippen MR) is 132 cm³/mol. The summed E-state index contributed by atoms with van der Waals surface area (Å²) in [5, 5.41) is 0. The molecule has 1 saturated heterocycles. The van der Waals surface area contributed by atoms with Crippen LogP contribution in [-0.4, -0.2) is 48.4 Å². The number of hydrogen-bond donors (Lipinski definition) is 0. The monoisotopic (exact) mass is 422 g/mol. The molecule has 0 N–H and O–H groups in total. The van der Waals surface area contributed by atoms with E-state index in [4.69, 9.17) is 0 Å². The summed E-state index contributed by atoms with van der Waals surface area (Å²) in [6.07, 6.45) is 7.26. The minimum Gasteiger partial charge on any atom is -0.340 e. The van der Waals surface area contributed by atoms with Gasteiger partial charge in [-0.2, -0.15) is 0 Å². The molecule has 1 fully saturated rings. The molecule has 31 heavy (non-hydrogen) atoms. The van der Waals surface area contributed by atoms with Crippen molar-refractivity contribution in [3.8, 4) is 0 Å². The van der Waals surface area contributed by atoms with E-state index >= 15 is 0 Å². The molecule has 1 heterocycles. The van der Waals surface area contributed by atoms with E-state index in [2.05, 4.69) is 74.2 Å². The third-order valence-electron chi connectivity index (χ3n) is 6.00. The topological polar surface area (TPSA) is 23.6 Å². The number of rotatable bonds is 9. The van der Waals surface area contributed by atoms with Crippen LogP contribution in [0.3, 0.4) is 0 Å². The highest BCUT2D eigenvalue weighted by Crippen LogP contribution is 2.28. The Labute approximate surface area is 190 Å². The normalized spacial score (nSPS) is 14.3. The van der Waals surface area contributed by atoms with E-state index in [1.54, 1.807) is 0 Å². The highest BCUT2D eigenvalue weighted by atomic mass is 16.2. The zero-order chi connectivity index (χ0) is 22.3. The highest BCUT2D eigenvalue weighted by molar-refractivity contribution is 5.78. The minimum atomic E-state index is 0.128. The summed E-state index contributed by atoms with van der Waals surface area (Å²) >= 11 is 0. The van der Waals surface area contributed by atoms with Crippen molar-refractivity contribution < 1.29 is 4.79 Å². The summed E-state index contributed by atoms with van der Waals surface area (Å²) in [7, 11) is 0. The number of unbranched alkanes of at least 4 members (excludes halogenated alkanes) is 3. The van der Waals surface area contributed by atoms with E-state index in [0.29, 0.717) is 6.42 Å². The molecule has 0 spiro atoms. The van der Waals surface area contributed by atoms with Crippen LogP contribution in [0.4, 0.5) is 0 Å². The van der Waals surface area contributed by atoms with Crippen LogP contribution >= 0.6 is 0 Å². The molecule has 1 aliphatic rings. The van der Waals surface area contributed by atoms with Crippen LogP contribution in [0.15, 0.2) is 60.7 Å². The van der Waals surface area contributed by atoms with Crippen molar-refractivity contribution in [1.82, 2.24) is 9.80 Å². The van der Waals surface area contributed by atoms with Crippen molar-refractivity contribution in [2.24, 2.45) is 0 Å². The molecule has 3 heteroatoms. The zero-order valence-corrected chi connectivity index (χ0v) is 19.9. The van der Waals surface area contributed by atoms with E-state index in [9.17, 15) is 4.79 Å². The molecule has 2 aromatic rings. The molecule has 0 aromatic heterocycles. The molecular weight excluding hydrogens is 380 g/mol. The number of carbonyl (C=O) groups excluding carboxylic acids is 1. The standard InChI is InChI=1S/C22H28N2O.C6H14/c1-2-13-23-14-16-24(17-15-23)22(25)18-21(19-9-5-3-6-10-19)20-11-7-4-8-12-20;1-3-5-6-4-2/h3-12,21H,2,13-18H2,1H3;3-6H2,1-2H3. The second kappa shape index (κ2) is 14.8. The molecule has 0 saturated carbocycles. The van der Waals surface area contributed by atoms with Gasteiger partial charge in [-0.15, -0.1) is 0 Å². The summed E-state index contributed by atoms with van der Waals surface area (Å²) in [6, 6.07) is 20.8. The summed E-state index contributed by atoms with van der Waals surface area (Å²) in [5.74, 6) is 0.400. The lowest BCUT2D eigenvalue weighted by molar-refractivity contribution is -0.133. The van der Waals surface area contributed by atoms with E-state index in [-0.39, 0.29) is 11.8 Å². The first-order valence-electron chi connectivity index (χ1n) is 12.3. The molecule has 3 rings (SSSR count). The van der Waals surface area contributed by atoms with Gasteiger partial charge in [-0.05, 0) is 24.1 Å². The predicted octanol–water partition coefficient (Wildman–Crippen LogP) is 6.35. The fraction of sp³-hybridized carbons (Fsp3) is 0.536. The summed E-state index contributed by atoms with van der Waals surface area (Å²) in [6.45, 7) is 11.5. The van der Waals surface area contributed by atoms with Crippen molar-refractivity contribution in [1.29, 1.82) is 0 Å². The maximum Gasteiger partial charge on any atom is 0.223 e. The van der Waals surface area contributed by atoms with Gasteiger partial charge < -0.3 is 4.90 Å². The van der Waals surface area contributed by atoms with Crippen molar-refractivity contribution >= 4 is 5.91 Å². The second-order valence-electron chi connectivity index (χ2n) is 8.51. The third kappa shape index (κ3) is 8.86. The lowest BCUT2D eigenvalue weighted by Gasteiger charge is -2.35. The molecule has 3 nitrogen and oxygen atoms in total. The first kappa shape index (κ1) is 25.1. The number of piperazine rings is 1. The number of carbonyl (C=O) groups is 1. The Morgan fingerprint density at radius 3 is 1.65 bits per heavy atom. The number of benzene rings is 2. The Hall–Kier alpha value is -2.13. The Morgan fingerprint density at radius 2 is 1.23 bits per heavy atom. The number of nitrogens with zero attached hydrogens (tertiary/aromatic N) is 2. The first-order valence-corrected chi connectivity index (χ1v) is 12.3. The molecule has 0 radical (unpaired) electrons. The molecule has 170 valence electrons. The maximum absolute atomic E-state index is 12.9. The Kier molecular flexibility index (Phi) is 12.0. The Balaban J connectivity index is 0.000000501. The molecule has 0 unspecified atom stereocenters. The number of hydrogen-bond acceptors (Lipinski definition) is 2. The summed E-state index contributed by atoms with van der Waals surface area (Å²) in [4.78, 5) is 17.4. The molecule has 0 aliphatic carbocycles. The Bertz CT molecular complexity index is 665. The van der Waals surface area contributed by atoms with Gasteiger partial charge in [0.25, 0.3) is 0 Å². The van der Waals surface area contributed by atoms with E-state index in [1.165, 1.54) is 43.2 Å². The second-order valence-corrected chi connectivity index (χ2v) is 8.51. The van der Waals surface area contributed by atoms with Crippen LogP contribution in [0, 0.1) is 0 Å². The lowest BCUT2D eigenvalue weighted by Crippen LogP contribution is -2.49. The maximum atomic E-state index is 12.9. The van der Waals surface area contributed by atoms with E-state index in [1.807, 2.05) is 17.0 Å². The zero-order valence-electron chi connectivity index (χ0n) is 19.9. The van der Waals surface area contributed by atoms with Crippen LogP contribution in [-0.2, 0) is 4.79 Å². The average Bonchev–Trinajstić information content (AvgIpc) is 2.83. The fourth-order valence-corrected chi connectivity index (χ4v) is 4.14. The van der Waals surface area contributed by atoms with Crippen LogP contribution in [0.5, 0.6) is 0 Å². The van der Waals surface area contributed by atoms with Gasteiger partial charge in [0, 0.05) is 38.5 Å². The van der Waals surface area contributed by atoms with Crippen LogP contribution in [0.25, 0.3) is 0 Å². The molecule has 1 amide bonds. The fourth-order valence-electron chi connectivity index (χ4n) is 4.14. The van der Waals surface area contributed by atoms with Gasteiger partial charge in [0.2, 0.25) is 5.91 Å². The quantitative estimate of drug-likeness (QED) is 0.440. The Morgan fingerprint density at radius 1 is 0.742 bits per heavy atom. The van der Waals surface area contributed by atoms with Gasteiger partial charge in [-0.1, -0.05) is 107 Å². The smallest absolute Gasteiger partial charge is 0.223 e. The van der Waals surface area contributed by atoms with Gasteiger partial charge in [-0.25, -0.2) is 0 Å². The van der Waals surface area contributed by atoms with Crippen LogP contribution in [0.1, 0.15) is 76.3 Å². The molecule has 0 bridgehead atoms. The summed E-state index contributed by atoms with van der Waals surface area (Å²) in [5.41, 5.74) is 2.43. The van der Waals surface area contributed by atoms with Crippen LogP contribution in [0.2, 0.25) is 0 Å². The number of amides is 1. The van der Waals surface area contributed by atoms with Crippen molar-refractivity contribution in [3.63, 3.8) is 0 Å². The van der Waals surface area contributed by atoms with E-state index in [0.717, 1.165) is 32.7 Å². The molecule has 0 atom stereocenters. The van der Waals surface area contributed by atoms with Gasteiger partial charge in [0.1, 0.15) is 0 Å². The molecular formula is C28H42N2O. The highest BCUT2D eigenvalue weighted by Gasteiger charge is 2.24. The van der Waals surface area contributed by atoms with Crippen molar-refractivity contribution in [2.75, 3.05) is 32.7 Å². The minimum absolute atomic E-state index is 0.128. The third-order valence-corrected chi connectivity index (χ3v) is 6.00. The summed E-state index contributed by atoms with van der Waals surface area (Å²) < 4.78 is 0. The van der Waals surface area contributed by atoms with E-state index < -0.39 is 0 Å². The van der Waals surface area contributed by atoms with Gasteiger partial charge >= 0.3 is 0 Å². The molecule has 2 aromatic carbocycles. The first-order chi connectivity index (χ1) is 15.2. The largest absolute Gasteiger partial charge is 0.340 e. The van der Waals surface area contributed by atoms with Gasteiger partial charge in [0.05, 0.1) is 0 Å². The van der Waals surface area contributed by atoms with Gasteiger partial charge in [-0.3, -0.25) is 9.69 Å². The SMILES string of the molecule is CCCCCC.CCCN1CCN(C(=O)CC(c2ccccc2)c2ccccc2)CC1. The molecule has 1 aliphatic heterocycles. The van der Waals surface area contributed by atoms with Gasteiger partial charge in [0.15, 0.2) is 0 Å². The van der Waals surface area contributed by atoms with Crippen molar-refractivity contribution in [3.05, 3.63) is 71.8 Å². The average molecular weight is 423 g/mol. The van der Waals surface area contributed by atoms with Crippen LogP contribution < -0.4 is 0 Å². The van der Waals surface area contributed by atoms with Crippen molar-refractivity contribution in [2.45, 2.75) is 65.2 Å².